The number of para-hydroxylation sites is 1. The predicted molar refractivity (Wildman–Crippen MR) is 111 cm³/mol. The van der Waals surface area contributed by atoms with E-state index in [-0.39, 0.29) is 29.3 Å². The topological polar surface area (TPSA) is 65.7 Å². The average molecular weight is 386 g/mol. The highest BCUT2D eigenvalue weighted by molar-refractivity contribution is 5.97. The van der Waals surface area contributed by atoms with Gasteiger partial charge in [-0.15, -0.1) is 0 Å². The molecular weight excluding hydrogens is 368 g/mol. The molecule has 1 heterocycles. The lowest BCUT2D eigenvalue weighted by molar-refractivity contribution is 0.0920. The van der Waals surface area contributed by atoms with E-state index in [2.05, 4.69) is 0 Å². The monoisotopic (exact) mass is 386 g/mol. The Hall–Kier alpha value is -3.86. The van der Waals surface area contributed by atoms with Gasteiger partial charge in [0.1, 0.15) is 11.3 Å². The van der Waals surface area contributed by atoms with Gasteiger partial charge in [0.25, 0.3) is 0 Å². The highest BCUT2D eigenvalue weighted by atomic mass is 16.5. The fourth-order valence-corrected chi connectivity index (χ4v) is 3.03. The summed E-state index contributed by atoms with van der Waals surface area (Å²) in [7, 11) is 1.58. The van der Waals surface area contributed by atoms with Gasteiger partial charge in [0.2, 0.25) is 11.2 Å². The quantitative estimate of drug-likeness (QED) is 0.448. The van der Waals surface area contributed by atoms with Crippen LogP contribution in [0.5, 0.6) is 11.5 Å². The zero-order valence-electron chi connectivity index (χ0n) is 15.8. The van der Waals surface area contributed by atoms with Crippen LogP contribution in [0, 0.1) is 0 Å². The third-order valence-electron chi connectivity index (χ3n) is 4.55. The average Bonchev–Trinajstić information content (AvgIpc) is 2.79. The molecule has 0 aliphatic carbocycles. The summed E-state index contributed by atoms with van der Waals surface area (Å²) in [6, 6.07) is 22.8. The molecule has 4 aromatic rings. The van der Waals surface area contributed by atoms with Crippen molar-refractivity contribution in [2.24, 2.45) is 0 Å². The number of ketones is 1. The lowest BCUT2D eigenvalue weighted by atomic mass is 10.1. The zero-order valence-corrected chi connectivity index (χ0v) is 15.8. The maximum Gasteiger partial charge on any atom is 0.235 e. The van der Waals surface area contributed by atoms with Crippen LogP contribution in [0.1, 0.15) is 10.4 Å². The fraction of sp³-hybridized carbons (Fsp3) is 0.0833. The molecule has 0 fully saturated rings. The first-order chi connectivity index (χ1) is 14.2. The van der Waals surface area contributed by atoms with Crippen LogP contribution in [0.15, 0.2) is 88.1 Å². The Morgan fingerprint density at radius 1 is 0.897 bits per heavy atom. The summed E-state index contributed by atoms with van der Waals surface area (Å²) in [5, 5.41) is 0.395. The molecule has 0 bridgehead atoms. The van der Waals surface area contributed by atoms with Gasteiger partial charge in [-0.1, -0.05) is 42.5 Å². The van der Waals surface area contributed by atoms with Gasteiger partial charge in [-0.3, -0.25) is 9.59 Å². The van der Waals surface area contributed by atoms with Crippen molar-refractivity contribution in [2.45, 2.75) is 0 Å². The summed E-state index contributed by atoms with van der Waals surface area (Å²) in [6.07, 6.45) is 0. The molecule has 4 rings (SSSR count). The number of benzene rings is 3. The van der Waals surface area contributed by atoms with Crippen LogP contribution in [0.3, 0.4) is 0 Å². The minimum absolute atomic E-state index is 0.0122. The van der Waals surface area contributed by atoms with Crippen molar-refractivity contribution in [2.75, 3.05) is 13.7 Å². The Morgan fingerprint density at radius 3 is 2.31 bits per heavy atom. The number of ether oxygens (including phenoxy) is 2. The minimum atomic E-state index is -0.321. The highest BCUT2D eigenvalue weighted by Crippen LogP contribution is 2.32. The van der Waals surface area contributed by atoms with E-state index in [4.69, 9.17) is 13.9 Å². The van der Waals surface area contributed by atoms with Crippen LogP contribution in [0.2, 0.25) is 0 Å². The van der Waals surface area contributed by atoms with E-state index < -0.39 is 0 Å². The normalized spacial score (nSPS) is 10.7. The maximum absolute atomic E-state index is 13.1. The minimum Gasteiger partial charge on any atom is -0.497 e. The van der Waals surface area contributed by atoms with Gasteiger partial charge in [0.05, 0.1) is 12.5 Å². The molecule has 5 heteroatoms. The van der Waals surface area contributed by atoms with Gasteiger partial charge >= 0.3 is 0 Å². The van der Waals surface area contributed by atoms with Crippen LogP contribution < -0.4 is 14.9 Å². The molecule has 0 amide bonds. The number of carbonyl (C=O) groups is 1. The summed E-state index contributed by atoms with van der Waals surface area (Å²) in [5.74, 6) is 0.743. The molecule has 144 valence electrons. The van der Waals surface area contributed by atoms with E-state index in [1.807, 2.05) is 6.07 Å². The Kier molecular flexibility index (Phi) is 5.12. The molecule has 3 aromatic carbocycles. The second-order valence-corrected chi connectivity index (χ2v) is 6.39. The molecule has 0 saturated carbocycles. The van der Waals surface area contributed by atoms with Crippen LogP contribution in [-0.4, -0.2) is 19.5 Å². The number of fused-ring (bicyclic) bond motifs is 1. The van der Waals surface area contributed by atoms with Crippen LogP contribution in [0.25, 0.3) is 22.3 Å². The van der Waals surface area contributed by atoms with Crippen molar-refractivity contribution in [3.63, 3.8) is 0 Å². The summed E-state index contributed by atoms with van der Waals surface area (Å²) in [5.41, 5.74) is 1.29. The van der Waals surface area contributed by atoms with Gasteiger partial charge in [0.15, 0.2) is 18.2 Å². The highest BCUT2D eigenvalue weighted by Gasteiger charge is 2.19. The Labute approximate surface area is 167 Å². The third-order valence-corrected chi connectivity index (χ3v) is 4.55. The van der Waals surface area contributed by atoms with Crippen molar-refractivity contribution in [3.8, 4) is 22.8 Å². The standard InChI is InChI=1S/C24H18O5/c1-27-18-13-11-17(12-14-18)23-24(22(26)19-9-5-6-10-21(19)29-23)28-15-20(25)16-7-3-2-4-8-16/h2-14H,15H2,1H3. The van der Waals surface area contributed by atoms with Crippen molar-refractivity contribution in [1.29, 1.82) is 0 Å². The van der Waals surface area contributed by atoms with E-state index in [1.165, 1.54) is 0 Å². The molecule has 0 unspecified atom stereocenters. The summed E-state index contributed by atoms with van der Waals surface area (Å²) in [4.78, 5) is 25.5. The molecule has 0 aliphatic heterocycles. The van der Waals surface area contributed by atoms with Crippen molar-refractivity contribution < 1.29 is 18.7 Å². The van der Waals surface area contributed by atoms with E-state index in [0.29, 0.717) is 27.8 Å². The van der Waals surface area contributed by atoms with Crippen molar-refractivity contribution in [1.82, 2.24) is 0 Å². The number of methoxy groups -OCH3 is 1. The summed E-state index contributed by atoms with van der Waals surface area (Å²) in [6.45, 7) is -0.268. The van der Waals surface area contributed by atoms with E-state index >= 15 is 0 Å². The van der Waals surface area contributed by atoms with Gasteiger partial charge in [-0.25, -0.2) is 0 Å². The van der Waals surface area contributed by atoms with Gasteiger partial charge in [0, 0.05) is 11.1 Å². The van der Waals surface area contributed by atoms with E-state index in [1.54, 1.807) is 79.9 Å². The summed E-state index contributed by atoms with van der Waals surface area (Å²) < 4.78 is 16.9. The van der Waals surface area contributed by atoms with Crippen LogP contribution >= 0.6 is 0 Å². The molecule has 1 aromatic heterocycles. The first-order valence-corrected chi connectivity index (χ1v) is 9.08. The van der Waals surface area contributed by atoms with Gasteiger partial charge in [-0.2, -0.15) is 0 Å². The molecule has 0 aliphatic rings. The zero-order chi connectivity index (χ0) is 20.2. The number of carbonyl (C=O) groups excluding carboxylic acids is 1. The van der Waals surface area contributed by atoms with Crippen molar-refractivity contribution in [3.05, 3.63) is 94.6 Å². The maximum atomic E-state index is 13.1. The van der Waals surface area contributed by atoms with E-state index in [0.717, 1.165) is 0 Å². The Morgan fingerprint density at radius 2 is 1.59 bits per heavy atom. The second kappa shape index (κ2) is 8.02. The Balaban J connectivity index is 1.77. The smallest absolute Gasteiger partial charge is 0.235 e. The molecule has 0 radical (unpaired) electrons. The summed E-state index contributed by atoms with van der Waals surface area (Å²) >= 11 is 0. The number of hydrogen-bond donors (Lipinski definition) is 0. The lowest BCUT2D eigenvalue weighted by Crippen LogP contribution is -2.17. The first-order valence-electron chi connectivity index (χ1n) is 9.08. The first kappa shape index (κ1) is 18.5. The van der Waals surface area contributed by atoms with Gasteiger partial charge in [-0.05, 0) is 36.4 Å². The second-order valence-electron chi connectivity index (χ2n) is 6.39. The molecule has 0 saturated heterocycles. The molecule has 5 nitrogen and oxygen atoms in total. The largest absolute Gasteiger partial charge is 0.497 e. The lowest BCUT2D eigenvalue weighted by Gasteiger charge is -2.12. The molecule has 0 spiro atoms. The molecule has 0 N–H and O–H groups in total. The molecule has 29 heavy (non-hydrogen) atoms. The number of Topliss-reactive ketones (excluding diaryl/α,β-unsaturated/α-hetero) is 1. The number of rotatable bonds is 6. The fourth-order valence-electron chi connectivity index (χ4n) is 3.03. The molecule has 0 atom stereocenters. The predicted octanol–water partition coefficient (Wildman–Crippen LogP) is 4.73. The SMILES string of the molecule is COc1ccc(-c2oc3ccccc3c(=O)c2OCC(=O)c2ccccc2)cc1. The van der Waals surface area contributed by atoms with Crippen LogP contribution in [-0.2, 0) is 0 Å². The van der Waals surface area contributed by atoms with Crippen molar-refractivity contribution >= 4 is 16.8 Å². The van der Waals surface area contributed by atoms with Gasteiger partial charge < -0.3 is 13.9 Å². The third kappa shape index (κ3) is 3.75. The Bertz CT molecular complexity index is 1210. The van der Waals surface area contributed by atoms with Crippen LogP contribution in [0.4, 0.5) is 0 Å². The number of hydrogen-bond acceptors (Lipinski definition) is 5. The van der Waals surface area contributed by atoms with E-state index in [9.17, 15) is 9.59 Å². The molecular formula is C24H18O5.